The molecule has 0 spiro atoms. The van der Waals surface area contributed by atoms with Crippen molar-refractivity contribution >= 4 is 11.6 Å². The molecule has 4 heteroatoms. The minimum absolute atomic E-state index is 0.199. The molecule has 0 saturated carbocycles. The highest BCUT2D eigenvalue weighted by Crippen LogP contribution is 2.12. The van der Waals surface area contributed by atoms with E-state index >= 15 is 0 Å². The Kier molecular flexibility index (Phi) is 4.80. The molecule has 1 unspecified atom stereocenters. The van der Waals surface area contributed by atoms with Gasteiger partial charge in [0.25, 0.3) is 0 Å². The third kappa shape index (κ3) is 3.96. The van der Waals surface area contributed by atoms with Gasteiger partial charge >= 0.3 is 0 Å². The van der Waals surface area contributed by atoms with E-state index in [1.165, 1.54) is 5.56 Å². The second-order valence-corrected chi connectivity index (χ2v) is 4.99. The number of hydrogen-bond donors (Lipinski definition) is 2. The summed E-state index contributed by atoms with van der Waals surface area (Å²) in [6, 6.07) is 8.18. The molecule has 1 fully saturated rings. The minimum atomic E-state index is 0.199. The maximum atomic E-state index is 9.23. The summed E-state index contributed by atoms with van der Waals surface area (Å²) in [6.07, 6.45) is 1.13. The fourth-order valence-corrected chi connectivity index (χ4v) is 2.32. The number of nitrogens with zero attached hydrogens (tertiary/aromatic N) is 1. The van der Waals surface area contributed by atoms with Crippen molar-refractivity contribution in [2.75, 3.05) is 26.2 Å². The first-order valence-corrected chi connectivity index (χ1v) is 6.47. The molecule has 1 aromatic carbocycles. The van der Waals surface area contributed by atoms with E-state index in [0.29, 0.717) is 0 Å². The van der Waals surface area contributed by atoms with Gasteiger partial charge in [0, 0.05) is 24.2 Å². The number of hydrogen-bond acceptors (Lipinski definition) is 3. The van der Waals surface area contributed by atoms with Gasteiger partial charge in [0.15, 0.2) is 0 Å². The Labute approximate surface area is 107 Å². The molecule has 0 radical (unpaired) electrons. The minimum Gasteiger partial charge on any atom is -0.395 e. The van der Waals surface area contributed by atoms with Crippen LogP contribution in [0.2, 0.25) is 5.02 Å². The van der Waals surface area contributed by atoms with Crippen molar-refractivity contribution in [3.8, 4) is 0 Å². The standard InChI is InChI=1S/C13H19ClN2O/c14-12-4-2-11(3-5-12)8-16-7-1-6-15-13(9-16)10-17/h2-5,13,15,17H,1,6-10H2. The van der Waals surface area contributed by atoms with Crippen molar-refractivity contribution in [2.24, 2.45) is 0 Å². The highest BCUT2D eigenvalue weighted by Gasteiger charge is 2.16. The number of halogens is 1. The molecule has 2 N–H and O–H groups in total. The lowest BCUT2D eigenvalue weighted by atomic mass is 10.2. The molecule has 1 heterocycles. The first-order valence-electron chi connectivity index (χ1n) is 6.09. The van der Waals surface area contributed by atoms with Crippen molar-refractivity contribution in [2.45, 2.75) is 19.0 Å². The molecule has 0 aromatic heterocycles. The Morgan fingerprint density at radius 3 is 2.82 bits per heavy atom. The van der Waals surface area contributed by atoms with E-state index in [9.17, 15) is 5.11 Å². The van der Waals surface area contributed by atoms with Crippen molar-refractivity contribution < 1.29 is 5.11 Å². The third-order valence-electron chi connectivity index (χ3n) is 3.10. The van der Waals surface area contributed by atoms with Gasteiger partial charge in [-0.25, -0.2) is 0 Å². The summed E-state index contributed by atoms with van der Waals surface area (Å²) in [7, 11) is 0. The van der Waals surface area contributed by atoms with E-state index in [0.717, 1.165) is 37.6 Å². The zero-order valence-electron chi connectivity index (χ0n) is 9.90. The normalized spacial score (nSPS) is 22.4. The Morgan fingerprint density at radius 1 is 1.35 bits per heavy atom. The van der Waals surface area contributed by atoms with Crippen LogP contribution in [-0.2, 0) is 6.54 Å². The number of nitrogens with one attached hydrogen (secondary N) is 1. The molecule has 1 atom stereocenters. The van der Waals surface area contributed by atoms with Gasteiger partial charge in [0.2, 0.25) is 0 Å². The van der Waals surface area contributed by atoms with Crippen LogP contribution in [0.15, 0.2) is 24.3 Å². The van der Waals surface area contributed by atoms with Crippen LogP contribution in [0.4, 0.5) is 0 Å². The Morgan fingerprint density at radius 2 is 2.12 bits per heavy atom. The van der Waals surface area contributed by atoms with E-state index in [1.807, 2.05) is 12.1 Å². The van der Waals surface area contributed by atoms with Crippen LogP contribution < -0.4 is 5.32 Å². The van der Waals surface area contributed by atoms with Crippen LogP contribution in [0.1, 0.15) is 12.0 Å². The second-order valence-electron chi connectivity index (χ2n) is 4.55. The molecular weight excluding hydrogens is 236 g/mol. The van der Waals surface area contributed by atoms with E-state index in [4.69, 9.17) is 11.6 Å². The van der Waals surface area contributed by atoms with E-state index in [1.54, 1.807) is 0 Å². The maximum Gasteiger partial charge on any atom is 0.0597 e. The summed E-state index contributed by atoms with van der Waals surface area (Å²) < 4.78 is 0. The van der Waals surface area contributed by atoms with Gasteiger partial charge in [-0.1, -0.05) is 23.7 Å². The quantitative estimate of drug-likeness (QED) is 0.858. The molecule has 0 amide bonds. The highest BCUT2D eigenvalue weighted by molar-refractivity contribution is 6.30. The summed E-state index contributed by atoms with van der Waals surface area (Å²) in [5, 5.41) is 13.4. The Bertz CT molecular complexity index is 342. The van der Waals surface area contributed by atoms with Crippen molar-refractivity contribution in [3.63, 3.8) is 0 Å². The van der Waals surface area contributed by atoms with Crippen LogP contribution >= 0.6 is 11.6 Å². The Hall–Kier alpha value is -0.610. The van der Waals surface area contributed by atoms with Gasteiger partial charge in [-0.3, -0.25) is 4.90 Å². The molecule has 1 saturated heterocycles. The SMILES string of the molecule is OCC1CN(Cc2ccc(Cl)cc2)CCCN1. The summed E-state index contributed by atoms with van der Waals surface area (Å²) in [5.41, 5.74) is 1.27. The first kappa shape index (κ1) is 12.8. The molecule has 3 nitrogen and oxygen atoms in total. The highest BCUT2D eigenvalue weighted by atomic mass is 35.5. The van der Waals surface area contributed by atoms with Gasteiger partial charge < -0.3 is 10.4 Å². The molecular formula is C13H19ClN2O. The van der Waals surface area contributed by atoms with E-state index < -0.39 is 0 Å². The fourth-order valence-electron chi connectivity index (χ4n) is 2.19. The van der Waals surface area contributed by atoms with Crippen LogP contribution in [-0.4, -0.2) is 42.3 Å². The maximum absolute atomic E-state index is 9.23. The van der Waals surface area contributed by atoms with Gasteiger partial charge in [0.1, 0.15) is 0 Å². The van der Waals surface area contributed by atoms with Crippen LogP contribution in [0.5, 0.6) is 0 Å². The molecule has 1 aromatic rings. The zero-order valence-corrected chi connectivity index (χ0v) is 10.7. The number of benzene rings is 1. The van der Waals surface area contributed by atoms with Crippen molar-refractivity contribution in [1.29, 1.82) is 0 Å². The Balaban J connectivity index is 1.94. The number of rotatable bonds is 3. The summed E-state index contributed by atoms with van der Waals surface area (Å²) in [4.78, 5) is 2.38. The average Bonchev–Trinajstić information content (AvgIpc) is 2.57. The van der Waals surface area contributed by atoms with E-state index in [2.05, 4.69) is 22.3 Å². The summed E-state index contributed by atoms with van der Waals surface area (Å²) in [5.74, 6) is 0. The largest absolute Gasteiger partial charge is 0.395 e. The summed E-state index contributed by atoms with van der Waals surface area (Å²) >= 11 is 5.87. The lowest BCUT2D eigenvalue weighted by Crippen LogP contribution is -2.39. The van der Waals surface area contributed by atoms with Crippen LogP contribution in [0, 0.1) is 0 Å². The van der Waals surface area contributed by atoms with E-state index in [-0.39, 0.29) is 12.6 Å². The van der Waals surface area contributed by atoms with Crippen LogP contribution in [0.3, 0.4) is 0 Å². The molecule has 94 valence electrons. The van der Waals surface area contributed by atoms with Crippen molar-refractivity contribution in [1.82, 2.24) is 10.2 Å². The number of aliphatic hydroxyl groups is 1. The van der Waals surface area contributed by atoms with Gasteiger partial charge in [-0.05, 0) is 37.2 Å². The van der Waals surface area contributed by atoms with Gasteiger partial charge in [0.05, 0.1) is 6.61 Å². The fraction of sp³-hybridized carbons (Fsp3) is 0.538. The van der Waals surface area contributed by atoms with Gasteiger partial charge in [-0.15, -0.1) is 0 Å². The predicted octanol–water partition coefficient (Wildman–Crippen LogP) is 1.50. The molecule has 1 aliphatic heterocycles. The predicted molar refractivity (Wildman–Crippen MR) is 70.2 cm³/mol. The lowest BCUT2D eigenvalue weighted by Gasteiger charge is -2.23. The molecule has 2 rings (SSSR count). The van der Waals surface area contributed by atoms with Gasteiger partial charge in [-0.2, -0.15) is 0 Å². The summed E-state index contributed by atoms with van der Waals surface area (Å²) in [6.45, 7) is 4.10. The zero-order chi connectivity index (χ0) is 12.1. The smallest absolute Gasteiger partial charge is 0.0597 e. The van der Waals surface area contributed by atoms with Crippen LogP contribution in [0.25, 0.3) is 0 Å². The lowest BCUT2D eigenvalue weighted by molar-refractivity contribution is 0.196. The monoisotopic (exact) mass is 254 g/mol. The third-order valence-corrected chi connectivity index (χ3v) is 3.35. The number of aliphatic hydroxyl groups excluding tert-OH is 1. The molecule has 0 bridgehead atoms. The average molecular weight is 255 g/mol. The molecule has 17 heavy (non-hydrogen) atoms. The second kappa shape index (κ2) is 6.36. The topological polar surface area (TPSA) is 35.5 Å². The molecule has 0 aliphatic carbocycles. The van der Waals surface area contributed by atoms with Crippen molar-refractivity contribution in [3.05, 3.63) is 34.9 Å². The first-order chi connectivity index (χ1) is 8.28. The molecule has 1 aliphatic rings.